The molecule has 0 saturated heterocycles. The first-order chi connectivity index (χ1) is 9.57. The van der Waals surface area contributed by atoms with Crippen molar-refractivity contribution in [1.29, 1.82) is 0 Å². The van der Waals surface area contributed by atoms with E-state index in [2.05, 4.69) is 25.5 Å². The summed E-state index contributed by atoms with van der Waals surface area (Å²) < 4.78 is 28.2. The molecular weight excluding hydrogens is 298 g/mol. The van der Waals surface area contributed by atoms with Gasteiger partial charge < -0.3 is 0 Å². The first kappa shape index (κ1) is 18.4. The summed E-state index contributed by atoms with van der Waals surface area (Å²) in [5.41, 5.74) is 3.30. The molecule has 0 aliphatic rings. The molecular formula is C16H29NO2SSi. The molecule has 1 aromatic carbocycles. The van der Waals surface area contributed by atoms with Crippen LogP contribution in [0.25, 0.3) is 0 Å². The lowest BCUT2D eigenvalue weighted by Crippen LogP contribution is -2.42. The van der Waals surface area contributed by atoms with Crippen LogP contribution in [-0.4, -0.2) is 24.2 Å². The van der Waals surface area contributed by atoms with Crippen LogP contribution >= 0.6 is 0 Å². The number of aryl methyl sites for hydroxylation is 1. The van der Waals surface area contributed by atoms with E-state index in [1.165, 1.54) is 16.7 Å². The molecule has 0 radical (unpaired) electrons. The summed E-state index contributed by atoms with van der Waals surface area (Å²) in [6.45, 7) is 12.0. The van der Waals surface area contributed by atoms with Gasteiger partial charge in [-0.2, -0.15) is 0 Å². The molecule has 0 unspecified atom stereocenters. The molecule has 0 aliphatic carbocycles. The van der Waals surface area contributed by atoms with Crippen molar-refractivity contribution in [1.82, 2.24) is 4.72 Å². The standard InChI is InChI=1S/C16H29NO2SSi/c1-7-11-10-14(20(18,19)17-16(4,5)6)15(21)13(9-3)12(11)8-2/h10,17H,7-9H2,1-6,21H3. The lowest BCUT2D eigenvalue weighted by molar-refractivity contribution is 0.491. The van der Waals surface area contributed by atoms with E-state index in [0.29, 0.717) is 4.90 Å². The molecule has 1 aromatic rings. The molecule has 0 saturated carbocycles. The fraction of sp³-hybridized carbons (Fsp3) is 0.625. The van der Waals surface area contributed by atoms with Crippen molar-refractivity contribution in [2.45, 2.75) is 71.2 Å². The zero-order valence-corrected chi connectivity index (χ0v) is 17.2. The van der Waals surface area contributed by atoms with Crippen LogP contribution in [0.2, 0.25) is 0 Å². The molecule has 0 atom stereocenters. The van der Waals surface area contributed by atoms with Gasteiger partial charge in [0.15, 0.2) is 0 Å². The predicted molar refractivity (Wildman–Crippen MR) is 94.2 cm³/mol. The third kappa shape index (κ3) is 4.17. The monoisotopic (exact) mass is 327 g/mol. The smallest absolute Gasteiger partial charge is 0.207 e. The Hall–Kier alpha value is -0.653. The largest absolute Gasteiger partial charge is 0.240 e. The normalized spacial score (nSPS) is 12.9. The van der Waals surface area contributed by atoms with Crippen LogP contribution in [0.1, 0.15) is 58.2 Å². The summed E-state index contributed by atoms with van der Waals surface area (Å²) in [4.78, 5) is 0.495. The number of sulfonamides is 1. The van der Waals surface area contributed by atoms with Crippen LogP contribution in [0.4, 0.5) is 0 Å². The van der Waals surface area contributed by atoms with Crippen molar-refractivity contribution in [2.75, 3.05) is 0 Å². The third-order valence-corrected chi connectivity index (χ3v) is 7.09. The Morgan fingerprint density at radius 3 is 1.95 bits per heavy atom. The minimum absolute atomic E-state index is 0.463. The Bertz CT molecular complexity index is 616. The molecule has 0 spiro atoms. The van der Waals surface area contributed by atoms with Gasteiger partial charge in [0.2, 0.25) is 10.0 Å². The van der Waals surface area contributed by atoms with E-state index in [9.17, 15) is 8.42 Å². The fourth-order valence-electron chi connectivity index (χ4n) is 2.89. The molecule has 0 bridgehead atoms. The first-order valence-corrected chi connectivity index (χ1v) is 10.2. The van der Waals surface area contributed by atoms with Gasteiger partial charge in [-0.3, -0.25) is 0 Å². The zero-order valence-electron chi connectivity index (χ0n) is 14.4. The van der Waals surface area contributed by atoms with Gasteiger partial charge in [0, 0.05) is 15.8 Å². The van der Waals surface area contributed by atoms with Gasteiger partial charge in [0.25, 0.3) is 0 Å². The van der Waals surface area contributed by atoms with Gasteiger partial charge in [0.1, 0.15) is 0 Å². The van der Waals surface area contributed by atoms with Gasteiger partial charge >= 0.3 is 0 Å². The quantitative estimate of drug-likeness (QED) is 0.832. The molecule has 0 aromatic heterocycles. The average molecular weight is 328 g/mol. The lowest BCUT2D eigenvalue weighted by Gasteiger charge is -2.24. The SMILES string of the molecule is CCc1cc(S(=O)(=O)NC(C)(C)C)c([SiH3])c(CC)c1CC. The second-order valence-corrected chi connectivity index (χ2v) is 9.18. The summed E-state index contributed by atoms with van der Waals surface area (Å²) in [7, 11) is -2.71. The first-order valence-electron chi connectivity index (χ1n) is 7.75. The van der Waals surface area contributed by atoms with Crippen LogP contribution in [0, 0.1) is 0 Å². The van der Waals surface area contributed by atoms with E-state index in [0.717, 1.165) is 34.7 Å². The second-order valence-electron chi connectivity index (χ2n) is 6.53. The molecule has 5 heteroatoms. The summed E-state index contributed by atoms with van der Waals surface area (Å²) >= 11 is 0. The van der Waals surface area contributed by atoms with Crippen LogP contribution in [0.15, 0.2) is 11.0 Å². The van der Waals surface area contributed by atoms with E-state index >= 15 is 0 Å². The summed E-state index contributed by atoms with van der Waals surface area (Å²) in [6.07, 6.45) is 2.73. The minimum atomic E-state index is -3.45. The van der Waals surface area contributed by atoms with E-state index in [1.807, 2.05) is 26.8 Å². The topological polar surface area (TPSA) is 46.2 Å². The van der Waals surface area contributed by atoms with E-state index in [1.54, 1.807) is 0 Å². The van der Waals surface area contributed by atoms with E-state index in [4.69, 9.17) is 0 Å². The van der Waals surface area contributed by atoms with Crippen molar-refractivity contribution >= 4 is 25.5 Å². The highest BCUT2D eigenvalue weighted by molar-refractivity contribution is 7.89. The molecule has 0 fully saturated rings. The van der Waals surface area contributed by atoms with Crippen molar-refractivity contribution < 1.29 is 8.42 Å². The van der Waals surface area contributed by atoms with Gasteiger partial charge in [0.05, 0.1) is 4.90 Å². The lowest BCUT2D eigenvalue weighted by atomic mass is 9.95. The van der Waals surface area contributed by atoms with Crippen molar-refractivity contribution in [3.05, 3.63) is 22.8 Å². The number of nitrogens with one attached hydrogen (secondary N) is 1. The fourth-order valence-corrected chi connectivity index (χ4v) is 6.24. The maximum absolute atomic E-state index is 12.7. The highest BCUT2D eigenvalue weighted by Gasteiger charge is 2.26. The Morgan fingerprint density at radius 2 is 1.57 bits per heavy atom. The Labute approximate surface area is 133 Å². The molecule has 120 valence electrons. The maximum Gasteiger partial charge on any atom is 0.240 e. The highest BCUT2D eigenvalue weighted by atomic mass is 32.2. The van der Waals surface area contributed by atoms with Crippen LogP contribution < -0.4 is 9.91 Å². The van der Waals surface area contributed by atoms with Gasteiger partial charge in [-0.25, -0.2) is 13.1 Å². The van der Waals surface area contributed by atoms with Crippen LogP contribution in [-0.2, 0) is 29.3 Å². The number of hydrogen-bond donors (Lipinski definition) is 1. The van der Waals surface area contributed by atoms with Crippen molar-refractivity contribution in [3.8, 4) is 0 Å². The minimum Gasteiger partial charge on any atom is -0.207 e. The molecule has 1 N–H and O–H groups in total. The molecule has 0 heterocycles. The van der Waals surface area contributed by atoms with Crippen LogP contribution in [0.3, 0.4) is 0 Å². The second kappa shape index (κ2) is 6.63. The molecule has 21 heavy (non-hydrogen) atoms. The predicted octanol–water partition coefficient (Wildman–Crippen LogP) is 1.44. The Morgan fingerprint density at radius 1 is 1.05 bits per heavy atom. The number of benzene rings is 1. The molecule has 3 nitrogen and oxygen atoms in total. The summed E-state index contributed by atoms with van der Waals surface area (Å²) in [5.74, 6) is 0. The highest BCUT2D eigenvalue weighted by Crippen LogP contribution is 2.21. The third-order valence-electron chi connectivity index (χ3n) is 3.70. The van der Waals surface area contributed by atoms with Crippen LogP contribution in [0.5, 0.6) is 0 Å². The Balaban J connectivity index is 3.58. The molecule has 0 amide bonds. The zero-order chi connectivity index (χ0) is 16.4. The van der Waals surface area contributed by atoms with Gasteiger partial charge in [-0.15, -0.1) is 0 Å². The van der Waals surface area contributed by atoms with Gasteiger partial charge in [-0.05, 0) is 68.0 Å². The summed E-state index contributed by atoms with van der Waals surface area (Å²) in [6, 6.07) is 1.90. The van der Waals surface area contributed by atoms with Crippen molar-refractivity contribution in [3.63, 3.8) is 0 Å². The average Bonchev–Trinajstić information content (AvgIpc) is 2.34. The molecule has 1 rings (SSSR count). The van der Waals surface area contributed by atoms with E-state index in [-0.39, 0.29) is 0 Å². The number of rotatable bonds is 5. The van der Waals surface area contributed by atoms with Crippen molar-refractivity contribution in [2.24, 2.45) is 0 Å². The maximum atomic E-state index is 12.7. The van der Waals surface area contributed by atoms with E-state index < -0.39 is 15.6 Å². The summed E-state index contributed by atoms with van der Waals surface area (Å²) in [5, 5.41) is 1.03. The van der Waals surface area contributed by atoms with Gasteiger partial charge in [-0.1, -0.05) is 20.8 Å². The molecule has 0 aliphatic heterocycles. The number of hydrogen-bond acceptors (Lipinski definition) is 2. The Kier molecular flexibility index (Phi) is 5.81.